The molecule has 0 aliphatic carbocycles. The lowest BCUT2D eigenvalue weighted by Crippen LogP contribution is -2.57. The Balaban J connectivity index is -0.000000256. The highest BCUT2D eigenvalue weighted by atomic mass is 16.3. The van der Waals surface area contributed by atoms with Gasteiger partial charge in [-0.2, -0.15) is 0 Å². The predicted molar refractivity (Wildman–Crippen MR) is 512 cm³/mol. The Kier molecular flexibility index (Phi) is 76.6. The van der Waals surface area contributed by atoms with E-state index in [4.69, 9.17) is 51.6 Å². The average Bonchev–Trinajstić information content (AvgIpc) is 0.887. The first-order chi connectivity index (χ1) is 63.6. The zero-order valence-electron chi connectivity index (χ0n) is 82.4. The summed E-state index contributed by atoms with van der Waals surface area (Å²) >= 11 is 0. The summed E-state index contributed by atoms with van der Waals surface area (Å²) in [7, 11) is 1.49. The molecule has 136 heavy (non-hydrogen) atoms. The number of hydrogen-bond acceptors (Lipinski definition) is 30. The number of nitrogens with one attached hydrogen (secondary N) is 16. The SMILES string of the molecule is CC(=O)N[C@@H](CO)C(=O)N[C@@H](CCCCN)C(=O)N[C@@H](CC(C)C)C(N)=O.CC(=O)N[C@@H](CO)C(=O)N[C@@H](CCCCN)C(=O)N[C@H](CC(C)C)C(N)=O.CC(=O)N[C@@H](CO)C(=O)N[C@H](CCCCN)C(=O)N[C@@H](CC(C)C)C(N)=O.CC(=O)N[C@H](CO)C(=O)N[C@@H](CCCCN)C(=O)N[C@@H](CC(C)C)C(N)=O.CNC(=O)[C@H](CC(C)C)NC(=O)[C@H](CCCCN)NC(=O)[C@H](CO)NC(C)=O.[2HH].[2HH].[2HH]. The fraction of sp³-hybridized carbons (Fsp3) is 0.767. The second-order valence-electron chi connectivity index (χ2n) is 34.6. The van der Waals surface area contributed by atoms with Crippen LogP contribution in [0.2, 0.25) is 0 Å². The van der Waals surface area contributed by atoms with Crippen LogP contribution >= 0.6 is 0 Å². The van der Waals surface area contributed by atoms with Gasteiger partial charge in [0, 0.05) is 45.9 Å². The highest BCUT2D eigenvalue weighted by Crippen LogP contribution is 2.15. The molecular weight excluding hydrogens is 1780 g/mol. The van der Waals surface area contributed by atoms with Crippen molar-refractivity contribution in [2.75, 3.05) is 72.8 Å². The molecule has 0 aromatic carbocycles. The Morgan fingerprint density at radius 1 is 0.206 bits per heavy atom. The zero-order valence-corrected chi connectivity index (χ0v) is 82.4. The van der Waals surface area contributed by atoms with E-state index in [-0.39, 0.29) is 39.8 Å². The van der Waals surface area contributed by atoms with Gasteiger partial charge in [0.15, 0.2) is 0 Å². The van der Waals surface area contributed by atoms with Crippen LogP contribution in [0.5, 0.6) is 0 Å². The van der Waals surface area contributed by atoms with Crippen LogP contribution in [0.4, 0.5) is 0 Å². The minimum atomic E-state index is -1.17. The quantitative estimate of drug-likeness (QED) is 0.0252. The number of unbranched alkanes of at least 4 members (excludes halogenated alkanes) is 5. The van der Waals surface area contributed by atoms with Crippen LogP contribution in [-0.4, -0.2) is 307 Å². The van der Waals surface area contributed by atoms with Gasteiger partial charge in [-0.25, -0.2) is 0 Å². The molecule has 50 heteroatoms. The number of amides is 20. The van der Waals surface area contributed by atoms with Gasteiger partial charge in [0.05, 0.1) is 33.0 Å². The number of likely N-dealkylation sites (N-methyl/N-ethyl adjacent to an activating group) is 1. The third-order valence-electron chi connectivity index (χ3n) is 19.3. The molecule has 0 heterocycles. The Bertz CT molecular complexity index is 3280. The maximum Gasteiger partial charge on any atom is 0.245 e. The molecule has 50 nitrogen and oxygen atoms in total. The number of hydrogen-bond donors (Lipinski definition) is 30. The van der Waals surface area contributed by atoms with E-state index in [0.29, 0.717) is 161 Å². The summed E-state index contributed by atoms with van der Waals surface area (Å²) in [5, 5.41) is 86.0. The number of carbonyl (C=O) groups excluding carboxylic acids is 20. The first-order valence-electron chi connectivity index (χ1n) is 46.0. The summed E-state index contributed by atoms with van der Waals surface area (Å²) in [4.78, 5) is 239. The molecular formula is C86H173N25O25. The van der Waals surface area contributed by atoms with Crippen LogP contribution in [0.15, 0.2) is 0 Å². The van der Waals surface area contributed by atoms with E-state index in [0.717, 1.165) is 0 Å². The molecule has 0 aliphatic rings. The molecule has 0 saturated heterocycles. The lowest BCUT2D eigenvalue weighted by atomic mass is 10.0. The maximum absolute atomic E-state index is 12.7. The van der Waals surface area contributed by atoms with Gasteiger partial charge in [0.2, 0.25) is 118 Å². The molecule has 0 spiro atoms. The number of rotatable bonds is 65. The van der Waals surface area contributed by atoms with E-state index in [1.807, 2.05) is 69.2 Å². The van der Waals surface area contributed by atoms with E-state index in [1.54, 1.807) is 0 Å². The van der Waals surface area contributed by atoms with Gasteiger partial charge in [-0.05, 0) is 191 Å². The molecule has 0 saturated carbocycles. The molecule has 0 radical (unpaired) electrons. The molecule has 15 atom stereocenters. The smallest absolute Gasteiger partial charge is 0.245 e. The van der Waals surface area contributed by atoms with Crippen molar-refractivity contribution in [3.8, 4) is 0 Å². The lowest BCUT2D eigenvalue weighted by Gasteiger charge is -2.25. The summed E-state index contributed by atoms with van der Waals surface area (Å²) in [6.07, 6.45) is 9.57. The lowest BCUT2D eigenvalue weighted by molar-refractivity contribution is -0.134. The molecule has 39 N–H and O–H groups in total. The predicted octanol–water partition coefficient (Wildman–Crippen LogP) is -8.43. The number of carbonyl (C=O) groups is 20. The topological polar surface area (TPSA) is 869 Å². The molecule has 0 rings (SSSR count). The second-order valence-corrected chi connectivity index (χ2v) is 34.6. The van der Waals surface area contributed by atoms with Crippen LogP contribution in [-0.2, 0) is 95.9 Å². The van der Waals surface area contributed by atoms with Crippen molar-refractivity contribution in [1.29, 1.82) is 0 Å². The number of primary amides is 4. The van der Waals surface area contributed by atoms with Crippen LogP contribution in [0.25, 0.3) is 0 Å². The van der Waals surface area contributed by atoms with Gasteiger partial charge in [-0.15, -0.1) is 0 Å². The summed E-state index contributed by atoms with van der Waals surface area (Å²) in [5.41, 5.74) is 48.7. The first kappa shape index (κ1) is 133. The fourth-order valence-corrected chi connectivity index (χ4v) is 12.5. The fourth-order valence-electron chi connectivity index (χ4n) is 12.5. The van der Waals surface area contributed by atoms with E-state index < -0.39 is 236 Å². The molecule has 0 fully saturated rings. The van der Waals surface area contributed by atoms with E-state index in [1.165, 1.54) is 41.7 Å². The first-order valence-corrected chi connectivity index (χ1v) is 46.0. The van der Waals surface area contributed by atoms with Crippen LogP contribution in [0, 0.1) is 29.6 Å². The summed E-state index contributed by atoms with van der Waals surface area (Å²) in [5.74, 6) is -10.8. The van der Waals surface area contributed by atoms with Crippen LogP contribution < -0.4 is 137 Å². The number of aliphatic hydroxyl groups is 5. The second kappa shape index (κ2) is 78.1. The Hall–Kier alpha value is -11.0. The van der Waals surface area contributed by atoms with Crippen molar-refractivity contribution in [1.82, 2.24) is 85.1 Å². The van der Waals surface area contributed by atoms with Crippen molar-refractivity contribution in [3.05, 3.63) is 0 Å². The van der Waals surface area contributed by atoms with Gasteiger partial charge in [0.1, 0.15) is 90.6 Å². The highest BCUT2D eigenvalue weighted by molar-refractivity contribution is 5.98. The van der Waals surface area contributed by atoms with Crippen molar-refractivity contribution in [2.45, 2.75) is 323 Å². The minimum absolute atomic E-state index is 0. The maximum atomic E-state index is 12.7. The minimum Gasteiger partial charge on any atom is -0.394 e. The average molecular weight is 1960 g/mol. The van der Waals surface area contributed by atoms with Crippen molar-refractivity contribution in [3.63, 3.8) is 0 Å². The largest absolute Gasteiger partial charge is 0.394 e. The number of aliphatic hydroxyl groups excluding tert-OH is 5. The van der Waals surface area contributed by atoms with Crippen molar-refractivity contribution >= 4 is 118 Å². The highest BCUT2D eigenvalue weighted by Gasteiger charge is 2.36. The van der Waals surface area contributed by atoms with Gasteiger partial charge in [0.25, 0.3) is 0 Å². The van der Waals surface area contributed by atoms with Gasteiger partial charge >= 0.3 is 0 Å². The van der Waals surface area contributed by atoms with Crippen molar-refractivity contribution in [2.24, 2.45) is 81.2 Å². The molecule has 0 aliphatic heterocycles. The summed E-state index contributed by atoms with van der Waals surface area (Å²) < 4.78 is 0. The molecule has 0 aromatic rings. The molecule has 20 amide bonds. The Morgan fingerprint density at radius 2 is 0.338 bits per heavy atom. The third-order valence-corrected chi connectivity index (χ3v) is 19.3. The summed E-state index contributed by atoms with van der Waals surface area (Å²) in [6.45, 7) is 24.2. The summed E-state index contributed by atoms with van der Waals surface area (Å²) in [6, 6.07) is -14.7. The molecule has 0 bridgehead atoms. The third kappa shape index (κ3) is 66.4. The molecule has 792 valence electrons. The number of nitrogens with two attached hydrogens (primary N) is 9. The molecule has 0 aromatic heterocycles. The Morgan fingerprint density at radius 3 is 0.456 bits per heavy atom. The standard InChI is InChI=1S/C18H35N5O5.4C17H33N5O5.3H2/c1-11(2)9-14(16(26)20-4)23-17(27)13(7-5-6-8-19)22-18(28)15(10-24)21-12(3)25;4*1-10(2)8-13(15(19)25)22-16(26)12(6-4-5-7-18)21-17(27)14(9-23)20-11(3)24;;;/h11,13-15,24H,5-10,19H2,1-4H3,(H,20,26)(H,21,25)(H,22,28)(H,23,27);4*10,12-14,23H,4-9,18H2,1-3H3,(H2,19,25)(H,20,24)(H,21,27)(H,22,26);3*1H/t13-,14-,15-;12-,13+,14+;12-,13+,14-;12-,13-,14+;12-,13-,14-;;;/m01000.../s1/i;;;;;3*1+1. The molecule has 0 unspecified atom stereocenters. The monoisotopic (exact) mass is 1960 g/mol. The van der Waals surface area contributed by atoms with E-state index >= 15 is 0 Å². The normalized spacial score (nSPS) is 14.1. The van der Waals surface area contributed by atoms with E-state index in [2.05, 4.69) is 85.1 Å². The van der Waals surface area contributed by atoms with Crippen molar-refractivity contribution < 1.29 is 126 Å². The zero-order chi connectivity index (χ0) is 106. The van der Waals surface area contributed by atoms with E-state index in [9.17, 15) is 121 Å². The van der Waals surface area contributed by atoms with Gasteiger partial charge in [-0.3, -0.25) is 95.9 Å². The Labute approximate surface area is 802 Å². The van der Waals surface area contributed by atoms with Gasteiger partial charge in [-0.1, -0.05) is 69.2 Å². The van der Waals surface area contributed by atoms with Crippen LogP contribution in [0.3, 0.4) is 0 Å². The van der Waals surface area contributed by atoms with Crippen LogP contribution in [0.1, 0.15) is 237 Å². The van der Waals surface area contributed by atoms with Gasteiger partial charge < -0.3 is 162 Å².